The van der Waals surface area contributed by atoms with E-state index in [9.17, 15) is 0 Å². The molecule has 1 aromatic heterocycles. The molecule has 0 radical (unpaired) electrons. The van der Waals surface area contributed by atoms with E-state index < -0.39 is 0 Å². The molecule has 2 heterocycles. The van der Waals surface area contributed by atoms with Gasteiger partial charge in [0.25, 0.3) is 0 Å². The van der Waals surface area contributed by atoms with Crippen molar-refractivity contribution in [3.8, 4) is 0 Å². The maximum absolute atomic E-state index is 4.53. The van der Waals surface area contributed by atoms with Gasteiger partial charge in [0.2, 0.25) is 0 Å². The van der Waals surface area contributed by atoms with Crippen molar-refractivity contribution in [3.05, 3.63) is 23.9 Å². The minimum Gasteiger partial charge on any atom is -0.359 e. The van der Waals surface area contributed by atoms with Crippen molar-refractivity contribution in [2.45, 2.75) is 19.8 Å². The number of pyridine rings is 1. The molecule has 1 aliphatic heterocycles. The van der Waals surface area contributed by atoms with E-state index >= 15 is 0 Å². The monoisotopic (exact) mass is 203 g/mol. The highest BCUT2D eigenvalue weighted by Gasteiger charge is 2.15. The second-order valence-electron chi connectivity index (χ2n) is 3.82. The molecule has 2 rings (SSSR count). The van der Waals surface area contributed by atoms with E-state index in [1.807, 2.05) is 12.3 Å². The molecule has 0 aromatic carbocycles. The number of hydrogen-bond acceptors (Lipinski definition) is 3. The number of rotatable bonds is 3. The number of hydrogen-bond donors (Lipinski definition) is 0. The fourth-order valence-electron chi connectivity index (χ4n) is 1.84. The van der Waals surface area contributed by atoms with Crippen molar-refractivity contribution in [1.82, 2.24) is 4.98 Å². The van der Waals surface area contributed by atoms with Crippen LogP contribution in [0.3, 0.4) is 0 Å². The summed E-state index contributed by atoms with van der Waals surface area (Å²) >= 11 is 0. The number of aromatic nitrogens is 1. The smallest absolute Gasteiger partial charge is 0.137 e. The van der Waals surface area contributed by atoms with Gasteiger partial charge in [-0.15, -0.1) is 0 Å². The predicted octanol–water partition coefficient (Wildman–Crippen LogP) is 2.12. The van der Waals surface area contributed by atoms with Crippen molar-refractivity contribution < 1.29 is 0 Å². The Balaban J connectivity index is 2.37. The maximum Gasteiger partial charge on any atom is 0.137 e. The molecule has 0 saturated carbocycles. The fourth-order valence-corrected chi connectivity index (χ4v) is 1.84. The van der Waals surface area contributed by atoms with Gasteiger partial charge in [-0.2, -0.15) is 0 Å². The minimum absolute atomic E-state index is 0.970. The summed E-state index contributed by atoms with van der Waals surface area (Å²) in [6.45, 7) is 4.08. The van der Waals surface area contributed by atoms with Crippen LogP contribution in [0.25, 0.3) is 0 Å². The summed E-state index contributed by atoms with van der Waals surface area (Å²) in [6.07, 6.45) is 4.12. The Morgan fingerprint density at radius 3 is 3.00 bits per heavy atom. The summed E-state index contributed by atoms with van der Waals surface area (Å²) in [7, 11) is 2.07. The first-order valence-electron chi connectivity index (χ1n) is 5.52. The van der Waals surface area contributed by atoms with Gasteiger partial charge < -0.3 is 4.90 Å². The molecular formula is C12H17N3. The summed E-state index contributed by atoms with van der Waals surface area (Å²) in [4.78, 5) is 11.1. The molecular weight excluding hydrogens is 186 g/mol. The standard InChI is InChI=1S/C12H17N3/c1-3-15(2)12-10(6-4-9-14-12)11-7-5-8-13-11/h4,6,9H,3,5,7-8H2,1-2H3. The van der Waals surface area contributed by atoms with Gasteiger partial charge in [-0.05, 0) is 31.9 Å². The highest BCUT2D eigenvalue weighted by Crippen LogP contribution is 2.21. The molecule has 0 unspecified atom stereocenters. The number of anilines is 1. The van der Waals surface area contributed by atoms with Crippen molar-refractivity contribution >= 4 is 11.5 Å². The highest BCUT2D eigenvalue weighted by atomic mass is 15.2. The predicted molar refractivity (Wildman–Crippen MR) is 63.8 cm³/mol. The average Bonchev–Trinajstić information content (AvgIpc) is 2.81. The lowest BCUT2D eigenvalue weighted by Gasteiger charge is -2.18. The molecule has 0 N–H and O–H groups in total. The zero-order chi connectivity index (χ0) is 10.7. The maximum atomic E-state index is 4.53. The van der Waals surface area contributed by atoms with Crippen LogP contribution in [0.5, 0.6) is 0 Å². The SMILES string of the molecule is CCN(C)c1ncccc1C1=NCCC1. The van der Waals surface area contributed by atoms with Crippen molar-refractivity contribution in [2.75, 3.05) is 25.0 Å². The van der Waals surface area contributed by atoms with Crippen LogP contribution in [-0.4, -0.2) is 30.8 Å². The normalized spacial score (nSPS) is 15.2. The summed E-state index contributed by atoms with van der Waals surface area (Å²) in [5.41, 5.74) is 2.43. The number of aliphatic imine (C=N–C) groups is 1. The summed E-state index contributed by atoms with van der Waals surface area (Å²) < 4.78 is 0. The van der Waals surface area contributed by atoms with Gasteiger partial charge in [-0.3, -0.25) is 4.99 Å². The lowest BCUT2D eigenvalue weighted by molar-refractivity contribution is 0.933. The third-order valence-electron chi connectivity index (χ3n) is 2.81. The third kappa shape index (κ3) is 2.01. The summed E-state index contributed by atoms with van der Waals surface area (Å²) in [5, 5.41) is 0. The molecule has 0 fully saturated rings. The first kappa shape index (κ1) is 10.1. The second kappa shape index (κ2) is 4.43. The van der Waals surface area contributed by atoms with E-state index in [1.54, 1.807) is 0 Å². The molecule has 0 spiro atoms. The fraction of sp³-hybridized carbons (Fsp3) is 0.500. The van der Waals surface area contributed by atoms with Crippen molar-refractivity contribution in [2.24, 2.45) is 4.99 Å². The molecule has 1 aromatic rings. The van der Waals surface area contributed by atoms with Gasteiger partial charge in [0.15, 0.2) is 0 Å². The molecule has 0 atom stereocenters. The largest absolute Gasteiger partial charge is 0.359 e. The van der Waals surface area contributed by atoms with E-state index in [0.29, 0.717) is 0 Å². The average molecular weight is 203 g/mol. The van der Waals surface area contributed by atoms with Crippen LogP contribution in [-0.2, 0) is 0 Å². The van der Waals surface area contributed by atoms with Gasteiger partial charge in [0.05, 0.1) is 0 Å². The molecule has 0 saturated heterocycles. The Kier molecular flexibility index (Phi) is 2.99. The summed E-state index contributed by atoms with van der Waals surface area (Å²) in [5.74, 6) is 1.06. The lowest BCUT2D eigenvalue weighted by Crippen LogP contribution is -2.20. The molecule has 3 heteroatoms. The molecule has 0 amide bonds. The van der Waals surface area contributed by atoms with Gasteiger partial charge in [0, 0.05) is 37.6 Å². The van der Waals surface area contributed by atoms with E-state index in [2.05, 4.69) is 34.9 Å². The number of nitrogens with zero attached hydrogens (tertiary/aromatic N) is 3. The first-order chi connectivity index (χ1) is 7.33. The molecule has 0 bridgehead atoms. The van der Waals surface area contributed by atoms with Gasteiger partial charge in [-0.1, -0.05) is 0 Å². The zero-order valence-corrected chi connectivity index (χ0v) is 9.40. The Bertz CT molecular complexity index is 371. The first-order valence-corrected chi connectivity index (χ1v) is 5.52. The van der Waals surface area contributed by atoms with E-state index in [1.165, 1.54) is 17.7 Å². The van der Waals surface area contributed by atoms with Crippen molar-refractivity contribution in [1.29, 1.82) is 0 Å². The topological polar surface area (TPSA) is 28.5 Å². The minimum atomic E-state index is 0.970. The van der Waals surface area contributed by atoms with Gasteiger partial charge in [-0.25, -0.2) is 4.98 Å². The van der Waals surface area contributed by atoms with E-state index in [-0.39, 0.29) is 0 Å². The van der Waals surface area contributed by atoms with E-state index in [4.69, 9.17) is 0 Å². The van der Waals surface area contributed by atoms with E-state index in [0.717, 1.165) is 25.3 Å². The lowest BCUT2D eigenvalue weighted by atomic mass is 10.1. The Labute approximate surface area is 90.9 Å². The van der Waals surface area contributed by atoms with Gasteiger partial charge >= 0.3 is 0 Å². The van der Waals surface area contributed by atoms with Crippen LogP contribution >= 0.6 is 0 Å². The van der Waals surface area contributed by atoms with Crippen LogP contribution in [0.2, 0.25) is 0 Å². The van der Waals surface area contributed by atoms with Crippen LogP contribution in [0.15, 0.2) is 23.3 Å². The zero-order valence-electron chi connectivity index (χ0n) is 9.40. The van der Waals surface area contributed by atoms with Gasteiger partial charge in [0.1, 0.15) is 5.82 Å². The Morgan fingerprint density at radius 1 is 1.47 bits per heavy atom. The Hall–Kier alpha value is -1.38. The Morgan fingerprint density at radius 2 is 2.33 bits per heavy atom. The van der Waals surface area contributed by atoms with Crippen LogP contribution in [0.1, 0.15) is 25.3 Å². The molecule has 1 aliphatic rings. The second-order valence-corrected chi connectivity index (χ2v) is 3.82. The van der Waals surface area contributed by atoms with Crippen LogP contribution < -0.4 is 4.90 Å². The van der Waals surface area contributed by atoms with Crippen LogP contribution in [0, 0.1) is 0 Å². The molecule has 0 aliphatic carbocycles. The molecule has 80 valence electrons. The quantitative estimate of drug-likeness (QED) is 0.752. The van der Waals surface area contributed by atoms with Crippen molar-refractivity contribution in [3.63, 3.8) is 0 Å². The van der Waals surface area contributed by atoms with Crippen LogP contribution in [0.4, 0.5) is 5.82 Å². The highest BCUT2D eigenvalue weighted by molar-refractivity contribution is 6.05. The molecule has 3 nitrogen and oxygen atoms in total. The third-order valence-corrected chi connectivity index (χ3v) is 2.81. The molecule has 15 heavy (non-hydrogen) atoms. The summed E-state index contributed by atoms with van der Waals surface area (Å²) in [6, 6.07) is 4.11.